The van der Waals surface area contributed by atoms with E-state index >= 15 is 0 Å². The zero-order chi connectivity index (χ0) is 13.1. The number of hydrogen-bond acceptors (Lipinski definition) is 4. The van der Waals surface area contributed by atoms with Gasteiger partial charge in [-0.3, -0.25) is 9.58 Å². The molecule has 0 bridgehead atoms. The highest BCUT2D eigenvalue weighted by Gasteiger charge is 2.21. The van der Waals surface area contributed by atoms with Crippen LogP contribution in [0.3, 0.4) is 0 Å². The van der Waals surface area contributed by atoms with E-state index in [4.69, 9.17) is 0 Å². The van der Waals surface area contributed by atoms with E-state index in [-0.39, 0.29) is 0 Å². The molecule has 1 fully saturated rings. The number of aromatic nitrogens is 3. The quantitative estimate of drug-likeness (QED) is 0.889. The molecule has 0 amide bonds. The zero-order valence-corrected chi connectivity index (χ0v) is 11.2. The van der Waals surface area contributed by atoms with E-state index in [1.807, 2.05) is 13.2 Å². The maximum Gasteiger partial charge on any atom is 0.0967 e. The van der Waals surface area contributed by atoms with E-state index in [0.29, 0.717) is 6.04 Å². The van der Waals surface area contributed by atoms with Crippen LogP contribution in [-0.4, -0.2) is 39.5 Å². The van der Waals surface area contributed by atoms with Gasteiger partial charge in [0.25, 0.3) is 0 Å². The van der Waals surface area contributed by atoms with Crippen molar-refractivity contribution < 1.29 is 0 Å². The summed E-state index contributed by atoms with van der Waals surface area (Å²) in [6.45, 7) is 3.96. The Hall–Kier alpha value is -1.72. The molecule has 1 aliphatic rings. The largest absolute Gasteiger partial charge is 0.308 e. The van der Waals surface area contributed by atoms with Gasteiger partial charge < -0.3 is 5.32 Å². The van der Waals surface area contributed by atoms with Crippen LogP contribution in [0.2, 0.25) is 0 Å². The standard InChI is InChI=1S/C14H19N5/c1-18-9-13(16-17-18)10-19-8-7-15-14(11-19)12-5-3-2-4-6-12/h2-6,9,14-15H,7-8,10-11H2,1H3. The molecule has 5 heteroatoms. The molecule has 1 aliphatic heterocycles. The monoisotopic (exact) mass is 257 g/mol. The molecule has 1 aromatic heterocycles. The summed E-state index contributed by atoms with van der Waals surface area (Å²) in [6.07, 6.45) is 1.99. The van der Waals surface area contributed by atoms with Crippen LogP contribution < -0.4 is 5.32 Å². The first-order chi connectivity index (χ1) is 9.31. The predicted octanol–water partition coefficient (Wildman–Crippen LogP) is 0.962. The van der Waals surface area contributed by atoms with Gasteiger partial charge in [-0.15, -0.1) is 5.10 Å². The van der Waals surface area contributed by atoms with E-state index in [9.17, 15) is 0 Å². The molecule has 1 aromatic carbocycles. The number of rotatable bonds is 3. The molecule has 1 atom stereocenters. The van der Waals surface area contributed by atoms with Crippen LogP contribution in [0.15, 0.2) is 36.5 Å². The summed E-state index contributed by atoms with van der Waals surface area (Å²) in [5.41, 5.74) is 2.39. The van der Waals surface area contributed by atoms with Gasteiger partial charge in [-0.2, -0.15) is 0 Å². The summed E-state index contributed by atoms with van der Waals surface area (Å²) in [5.74, 6) is 0. The van der Waals surface area contributed by atoms with Crippen LogP contribution in [0.5, 0.6) is 0 Å². The molecule has 2 aromatic rings. The fourth-order valence-electron chi connectivity index (χ4n) is 2.56. The highest BCUT2D eigenvalue weighted by molar-refractivity contribution is 5.19. The molecule has 1 saturated heterocycles. The fourth-order valence-corrected chi connectivity index (χ4v) is 2.56. The summed E-state index contributed by atoms with van der Waals surface area (Å²) in [6, 6.07) is 11.0. The first-order valence-electron chi connectivity index (χ1n) is 6.67. The molecule has 100 valence electrons. The van der Waals surface area contributed by atoms with E-state index in [2.05, 4.69) is 50.9 Å². The van der Waals surface area contributed by atoms with Crippen LogP contribution in [0, 0.1) is 0 Å². The van der Waals surface area contributed by atoms with Crippen LogP contribution in [0.4, 0.5) is 0 Å². The minimum Gasteiger partial charge on any atom is -0.308 e. The Kier molecular flexibility index (Phi) is 3.57. The third-order valence-corrected chi connectivity index (χ3v) is 3.50. The second-order valence-corrected chi connectivity index (χ2v) is 5.04. The smallest absolute Gasteiger partial charge is 0.0967 e. The normalized spacial score (nSPS) is 20.6. The number of benzene rings is 1. The van der Waals surface area contributed by atoms with Gasteiger partial charge in [0.05, 0.1) is 5.69 Å². The number of hydrogen-bond donors (Lipinski definition) is 1. The first-order valence-corrected chi connectivity index (χ1v) is 6.67. The highest BCUT2D eigenvalue weighted by Crippen LogP contribution is 2.17. The van der Waals surface area contributed by atoms with Crippen LogP contribution in [-0.2, 0) is 13.6 Å². The minimum absolute atomic E-state index is 0.409. The second kappa shape index (κ2) is 5.50. The number of nitrogens with zero attached hydrogens (tertiary/aromatic N) is 4. The molecule has 0 spiro atoms. The molecule has 1 N–H and O–H groups in total. The van der Waals surface area contributed by atoms with Gasteiger partial charge in [0, 0.05) is 45.5 Å². The molecule has 2 heterocycles. The van der Waals surface area contributed by atoms with Crippen LogP contribution in [0.25, 0.3) is 0 Å². The summed E-state index contributed by atoms with van der Waals surface area (Å²) < 4.78 is 1.76. The number of nitrogens with one attached hydrogen (secondary N) is 1. The predicted molar refractivity (Wildman–Crippen MR) is 73.5 cm³/mol. The fraction of sp³-hybridized carbons (Fsp3) is 0.429. The molecule has 0 aliphatic carbocycles. The van der Waals surface area contributed by atoms with Gasteiger partial charge in [-0.25, -0.2) is 0 Å². The van der Waals surface area contributed by atoms with Crippen molar-refractivity contribution in [2.24, 2.45) is 7.05 Å². The lowest BCUT2D eigenvalue weighted by atomic mass is 10.0. The SMILES string of the molecule is Cn1cc(CN2CCNC(c3ccccc3)C2)nn1. The summed E-state index contributed by atoms with van der Waals surface area (Å²) in [7, 11) is 1.90. The van der Waals surface area contributed by atoms with E-state index < -0.39 is 0 Å². The molecule has 0 saturated carbocycles. The highest BCUT2D eigenvalue weighted by atomic mass is 15.4. The Labute approximate surface area is 113 Å². The third-order valence-electron chi connectivity index (χ3n) is 3.50. The molecule has 0 radical (unpaired) electrons. The van der Waals surface area contributed by atoms with Crippen molar-refractivity contribution in [3.8, 4) is 0 Å². The molecular formula is C14H19N5. The Morgan fingerprint density at radius 1 is 1.32 bits per heavy atom. The van der Waals surface area contributed by atoms with Crippen molar-refractivity contribution >= 4 is 0 Å². The lowest BCUT2D eigenvalue weighted by Crippen LogP contribution is -2.45. The summed E-state index contributed by atoms with van der Waals surface area (Å²) in [4.78, 5) is 2.43. The van der Waals surface area contributed by atoms with E-state index in [1.54, 1.807) is 4.68 Å². The van der Waals surface area contributed by atoms with Gasteiger partial charge in [-0.1, -0.05) is 35.5 Å². The number of piperazine rings is 1. The topological polar surface area (TPSA) is 46.0 Å². The van der Waals surface area contributed by atoms with Gasteiger partial charge in [-0.05, 0) is 5.56 Å². The molecule has 5 nitrogen and oxygen atoms in total. The van der Waals surface area contributed by atoms with Crippen molar-refractivity contribution in [3.63, 3.8) is 0 Å². The van der Waals surface area contributed by atoms with Gasteiger partial charge in [0.15, 0.2) is 0 Å². The van der Waals surface area contributed by atoms with Gasteiger partial charge >= 0.3 is 0 Å². The van der Waals surface area contributed by atoms with Crippen molar-refractivity contribution in [2.75, 3.05) is 19.6 Å². The molecule has 3 rings (SSSR count). The Morgan fingerprint density at radius 3 is 2.89 bits per heavy atom. The first kappa shape index (κ1) is 12.3. The van der Waals surface area contributed by atoms with E-state index in [1.165, 1.54) is 5.56 Å². The van der Waals surface area contributed by atoms with Gasteiger partial charge in [0.1, 0.15) is 0 Å². The van der Waals surface area contributed by atoms with Crippen molar-refractivity contribution in [1.82, 2.24) is 25.2 Å². The summed E-state index contributed by atoms with van der Waals surface area (Å²) in [5, 5.41) is 11.7. The molecule has 19 heavy (non-hydrogen) atoms. The van der Waals surface area contributed by atoms with Crippen LogP contribution in [0.1, 0.15) is 17.3 Å². The van der Waals surface area contributed by atoms with Crippen molar-refractivity contribution in [2.45, 2.75) is 12.6 Å². The lowest BCUT2D eigenvalue weighted by molar-refractivity contribution is 0.191. The average molecular weight is 257 g/mol. The van der Waals surface area contributed by atoms with Crippen molar-refractivity contribution in [3.05, 3.63) is 47.8 Å². The molecule has 1 unspecified atom stereocenters. The maximum atomic E-state index is 4.16. The van der Waals surface area contributed by atoms with Crippen LogP contribution >= 0.6 is 0 Å². The Morgan fingerprint density at radius 2 is 2.16 bits per heavy atom. The minimum atomic E-state index is 0.409. The maximum absolute atomic E-state index is 4.16. The van der Waals surface area contributed by atoms with Crippen molar-refractivity contribution in [1.29, 1.82) is 0 Å². The average Bonchev–Trinajstić information content (AvgIpc) is 2.85. The summed E-state index contributed by atoms with van der Waals surface area (Å²) >= 11 is 0. The van der Waals surface area contributed by atoms with Gasteiger partial charge in [0.2, 0.25) is 0 Å². The Bertz CT molecular complexity index is 522. The lowest BCUT2D eigenvalue weighted by Gasteiger charge is -2.33. The van der Waals surface area contributed by atoms with E-state index in [0.717, 1.165) is 31.9 Å². The molecular weight excluding hydrogens is 238 g/mol. The third kappa shape index (κ3) is 3.00. The Balaban J connectivity index is 1.65. The zero-order valence-electron chi connectivity index (χ0n) is 11.2. The number of aryl methyl sites for hydroxylation is 1. The second-order valence-electron chi connectivity index (χ2n) is 5.04.